The zero-order chi connectivity index (χ0) is 13.5. The summed E-state index contributed by atoms with van der Waals surface area (Å²) >= 11 is 0. The molecule has 0 aromatic carbocycles. The fraction of sp³-hybridized carbons (Fsp3) is 0.667. The molecule has 4 heteroatoms. The van der Waals surface area contributed by atoms with Gasteiger partial charge in [-0.15, -0.1) is 6.58 Å². The van der Waals surface area contributed by atoms with Gasteiger partial charge in [0.05, 0.1) is 18.3 Å². The Labute approximate surface area is 115 Å². The summed E-state index contributed by atoms with van der Waals surface area (Å²) in [6.45, 7) is 6.17. The molecule has 0 amide bonds. The lowest BCUT2D eigenvalue weighted by atomic mass is 9.96. The molecule has 0 radical (unpaired) electrons. The van der Waals surface area contributed by atoms with Gasteiger partial charge in [0.25, 0.3) is 0 Å². The fourth-order valence-corrected chi connectivity index (χ4v) is 2.80. The van der Waals surface area contributed by atoms with E-state index in [2.05, 4.69) is 28.4 Å². The van der Waals surface area contributed by atoms with Gasteiger partial charge < -0.3 is 5.11 Å². The van der Waals surface area contributed by atoms with Crippen molar-refractivity contribution in [2.24, 2.45) is 0 Å². The molecular formula is C15H25N3O. The molecule has 1 heterocycles. The molecule has 1 fully saturated rings. The molecule has 0 bridgehead atoms. The molecule has 1 aromatic rings. The highest BCUT2D eigenvalue weighted by molar-refractivity contribution is 5.00. The van der Waals surface area contributed by atoms with Crippen LogP contribution in [0.3, 0.4) is 0 Å². The van der Waals surface area contributed by atoms with Crippen molar-refractivity contribution in [3.63, 3.8) is 0 Å². The summed E-state index contributed by atoms with van der Waals surface area (Å²) in [5, 5.41) is 13.7. The van der Waals surface area contributed by atoms with Crippen molar-refractivity contribution in [1.82, 2.24) is 14.7 Å². The van der Waals surface area contributed by atoms with E-state index in [1.54, 1.807) is 0 Å². The van der Waals surface area contributed by atoms with Crippen LogP contribution in [0, 0.1) is 0 Å². The maximum Gasteiger partial charge on any atom is 0.0765 e. The second kappa shape index (κ2) is 7.46. The first kappa shape index (κ1) is 14.3. The summed E-state index contributed by atoms with van der Waals surface area (Å²) in [4.78, 5) is 2.15. The quantitative estimate of drug-likeness (QED) is 0.768. The minimum atomic E-state index is 0.178. The zero-order valence-corrected chi connectivity index (χ0v) is 11.7. The van der Waals surface area contributed by atoms with E-state index in [-0.39, 0.29) is 6.61 Å². The Kier molecular flexibility index (Phi) is 5.61. The van der Waals surface area contributed by atoms with Crippen LogP contribution < -0.4 is 0 Å². The average Bonchev–Trinajstić information content (AvgIpc) is 2.89. The van der Waals surface area contributed by atoms with E-state index in [0.717, 1.165) is 18.8 Å². The van der Waals surface area contributed by atoms with E-state index in [1.807, 2.05) is 6.08 Å². The standard InChI is InChI=1S/C15H25N3O/c1-2-9-17(11-12-19)13-14-8-10-18(16-14)15-6-4-3-5-7-15/h2,8,10,15,19H,1,3-7,9,11-13H2. The number of aromatic nitrogens is 2. The third-order valence-corrected chi connectivity index (χ3v) is 3.80. The molecule has 19 heavy (non-hydrogen) atoms. The predicted octanol–water partition coefficient (Wildman–Crippen LogP) is 2.37. The van der Waals surface area contributed by atoms with E-state index < -0.39 is 0 Å². The van der Waals surface area contributed by atoms with Gasteiger partial charge in [-0.3, -0.25) is 9.58 Å². The molecular weight excluding hydrogens is 238 g/mol. The molecule has 1 aromatic heterocycles. The molecule has 0 atom stereocenters. The molecule has 106 valence electrons. The molecule has 0 saturated heterocycles. The van der Waals surface area contributed by atoms with E-state index in [9.17, 15) is 0 Å². The molecule has 1 aliphatic rings. The smallest absolute Gasteiger partial charge is 0.0765 e. The first-order valence-corrected chi connectivity index (χ1v) is 7.31. The summed E-state index contributed by atoms with van der Waals surface area (Å²) in [5.74, 6) is 0. The Bertz CT molecular complexity index is 382. The highest BCUT2D eigenvalue weighted by atomic mass is 16.3. The Balaban J connectivity index is 1.93. The van der Waals surface area contributed by atoms with Gasteiger partial charge in [0, 0.05) is 25.8 Å². The second-order valence-corrected chi connectivity index (χ2v) is 5.33. The van der Waals surface area contributed by atoms with Gasteiger partial charge in [-0.25, -0.2) is 0 Å². The third kappa shape index (κ3) is 4.18. The Morgan fingerprint density at radius 3 is 2.89 bits per heavy atom. The van der Waals surface area contributed by atoms with Gasteiger partial charge in [0.15, 0.2) is 0 Å². The maximum absolute atomic E-state index is 9.05. The van der Waals surface area contributed by atoms with Crippen molar-refractivity contribution < 1.29 is 5.11 Å². The minimum Gasteiger partial charge on any atom is -0.395 e. The van der Waals surface area contributed by atoms with Gasteiger partial charge in [-0.05, 0) is 18.9 Å². The predicted molar refractivity (Wildman–Crippen MR) is 76.9 cm³/mol. The molecule has 2 rings (SSSR count). The molecule has 0 unspecified atom stereocenters. The van der Waals surface area contributed by atoms with Crippen LogP contribution in [0.25, 0.3) is 0 Å². The van der Waals surface area contributed by atoms with Crippen LogP contribution in [-0.4, -0.2) is 39.5 Å². The van der Waals surface area contributed by atoms with Gasteiger partial charge in [0.2, 0.25) is 0 Å². The minimum absolute atomic E-state index is 0.178. The molecule has 1 aliphatic carbocycles. The fourth-order valence-electron chi connectivity index (χ4n) is 2.80. The molecule has 4 nitrogen and oxygen atoms in total. The van der Waals surface area contributed by atoms with Gasteiger partial charge in [0.1, 0.15) is 0 Å². The number of nitrogens with zero attached hydrogens (tertiary/aromatic N) is 3. The van der Waals surface area contributed by atoms with Crippen LogP contribution in [0.2, 0.25) is 0 Å². The first-order valence-electron chi connectivity index (χ1n) is 7.31. The Hall–Kier alpha value is -1.13. The van der Waals surface area contributed by atoms with E-state index in [1.165, 1.54) is 32.1 Å². The van der Waals surface area contributed by atoms with E-state index in [0.29, 0.717) is 12.6 Å². The van der Waals surface area contributed by atoms with Crippen LogP contribution >= 0.6 is 0 Å². The average molecular weight is 263 g/mol. The first-order chi connectivity index (χ1) is 9.33. The lowest BCUT2D eigenvalue weighted by Crippen LogP contribution is -2.27. The topological polar surface area (TPSA) is 41.3 Å². The number of hydrogen-bond acceptors (Lipinski definition) is 3. The SMILES string of the molecule is C=CCN(CCO)Cc1ccn(C2CCCCC2)n1. The monoisotopic (exact) mass is 263 g/mol. The number of hydrogen-bond donors (Lipinski definition) is 1. The maximum atomic E-state index is 9.05. The second-order valence-electron chi connectivity index (χ2n) is 5.33. The van der Waals surface area contributed by atoms with Crippen molar-refractivity contribution in [2.75, 3.05) is 19.7 Å². The summed E-state index contributed by atoms with van der Waals surface area (Å²) in [6.07, 6.45) is 10.5. The van der Waals surface area contributed by atoms with Crippen LogP contribution in [-0.2, 0) is 6.54 Å². The zero-order valence-electron chi connectivity index (χ0n) is 11.7. The molecule has 1 N–H and O–H groups in total. The molecule has 1 saturated carbocycles. The number of rotatable bonds is 7. The van der Waals surface area contributed by atoms with E-state index in [4.69, 9.17) is 10.2 Å². The summed E-state index contributed by atoms with van der Waals surface area (Å²) in [5.41, 5.74) is 1.08. The van der Waals surface area contributed by atoms with Crippen molar-refractivity contribution in [3.05, 3.63) is 30.6 Å². The molecule has 0 spiro atoms. The summed E-state index contributed by atoms with van der Waals surface area (Å²) in [7, 11) is 0. The van der Waals surface area contributed by atoms with Crippen LogP contribution in [0.15, 0.2) is 24.9 Å². The normalized spacial score (nSPS) is 16.9. The Morgan fingerprint density at radius 2 is 2.21 bits per heavy atom. The van der Waals surface area contributed by atoms with Gasteiger partial charge >= 0.3 is 0 Å². The number of aliphatic hydroxyl groups excluding tert-OH is 1. The highest BCUT2D eigenvalue weighted by Crippen LogP contribution is 2.27. The van der Waals surface area contributed by atoms with Crippen molar-refractivity contribution in [3.8, 4) is 0 Å². The lowest BCUT2D eigenvalue weighted by Gasteiger charge is -2.22. The van der Waals surface area contributed by atoms with Crippen molar-refractivity contribution in [2.45, 2.75) is 44.7 Å². The summed E-state index contributed by atoms with van der Waals surface area (Å²) < 4.78 is 2.14. The van der Waals surface area contributed by atoms with Crippen LogP contribution in [0.4, 0.5) is 0 Å². The van der Waals surface area contributed by atoms with Gasteiger partial charge in [-0.2, -0.15) is 5.10 Å². The lowest BCUT2D eigenvalue weighted by molar-refractivity contribution is 0.201. The Morgan fingerprint density at radius 1 is 1.42 bits per heavy atom. The molecule has 0 aliphatic heterocycles. The number of aliphatic hydroxyl groups is 1. The van der Waals surface area contributed by atoms with Gasteiger partial charge in [-0.1, -0.05) is 25.3 Å². The van der Waals surface area contributed by atoms with E-state index >= 15 is 0 Å². The van der Waals surface area contributed by atoms with Crippen LogP contribution in [0.1, 0.15) is 43.8 Å². The largest absolute Gasteiger partial charge is 0.395 e. The highest BCUT2D eigenvalue weighted by Gasteiger charge is 2.16. The third-order valence-electron chi connectivity index (χ3n) is 3.80. The summed E-state index contributed by atoms with van der Waals surface area (Å²) in [6, 6.07) is 2.69. The van der Waals surface area contributed by atoms with Crippen molar-refractivity contribution >= 4 is 0 Å². The van der Waals surface area contributed by atoms with Crippen LogP contribution in [0.5, 0.6) is 0 Å². The van der Waals surface area contributed by atoms with Crippen molar-refractivity contribution in [1.29, 1.82) is 0 Å².